The smallest absolute Gasteiger partial charge is 0.331 e. The monoisotopic (exact) mass is 441 g/mol. The molecule has 0 aromatic carbocycles. The first-order valence-electron chi connectivity index (χ1n) is 11.4. The summed E-state index contributed by atoms with van der Waals surface area (Å²) in [6.45, 7) is 18.7. The summed E-state index contributed by atoms with van der Waals surface area (Å²) in [7, 11) is 1.57. The van der Waals surface area contributed by atoms with E-state index in [4.69, 9.17) is 5.11 Å². The van der Waals surface area contributed by atoms with Crippen LogP contribution in [0.2, 0.25) is 0 Å². The molecule has 1 saturated heterocycles. The van der Waals surface area contributed by atoms with E-state index < -0.39 is 17.4 Å². The zero-order valence-electron chi connectivity index (χ0n) is 21.3. The quantitative estimate of drug-likeness (QED) is 0.461. The summed E-state index contributed by atoms with van der Waals surface area (Å²) in [6.07, 6.45) is 7.49. The van der Waals surface area contributed by atoms with Gasteiger partial charge in [-0.3, -0.25) is 9.59 Å². The van der Waals surface area contributed by atoms with Crippen molar-refractivity contribution in [3.8, 4) is 0 Å². The second-order valence-electron chi connectivity index (χ2n) is 9.39. The van der Waals surface area contributed by atoms with Crippen LogP contribution in [0.25, 0.3) is 0 Å². The Morgan fingerprint density at radius 1 is 1.13 bits per heavy atom. The number of hydrogen-bond donors (Lipinski definition) is 2. The van der Waals surface area contributed by atoms with Gasteiger partial charge in [0.05, 0.1) is 0 Å². The van der Waals surface area contributed by atoms with Crippen molar-refractivity contribution in [1.82, 2.24) is 15.1 Å². The zero-order valence-corrected chi connectivity index (χ0v) is 21.3. The van der Waals surface area contributed by atoms with Crippen molar-refractivity contribution in [2.24, 2.45) is 5.41 Å². The van der Waals surface area contributed by atoms with Crippen molar-refractivity contribution < 1.29 is 19.5 Å². The van der Waals surface area contributed by atoms with Crippen molar-refractivity contribution in [3.63, 3.8) is 0 Å². The Bertz CT molecular complexity index is 548. The standard InChI is InChI=1S/C13H22N2O4.C8H17N.C3H8/c1-9(12(18)19)6-7-15(5)11(17)10(14-8-16)13(2,3)4;1-8(2)9-6-4-3-5-7-9;1-3-2/h6,8,10H,7H2,1-5H3,(H,14,16)(H,18,19);8H,3-7H2,1-2H3;3H2,1-2H3/b9-6+;;/t10-;;/m0../s1. The van der Waals surface area contributed by atoms with Crippen LogP contribution < -0.4 is 5.32 Å². The predicted molar refractivity (Wildman–Crippen MR) is 128 cm³/mol. The van der Waals surface area contributed by atoms with Gasteiger partial charge in [0, 0.05) is 25.2 Å². The fourth-order valence-electron chi connectivity index (χ4n) is 2.87. The lowest BCUT2D eigenvalue weighted by molar-refractivity contribution is -0.136. The van der Waals surface area contributed by atoms with Gasteiger partial charge in [0.25, 0.3) is 0 Å². The van der Waals surface area contributed by atoms with Gasteiger partial charge in [-0.2, -0.15) is 0 Å². The minimum Gasteiger partial charge on any atom is -0.478 e. The summed E-state index contributed by atoms with van der Waals surface area (Å²) in [6, 6.07) is 0.124. The molecule has 0 radical (unpaired) electrons. The average molecular weight is 442 g/mol. The number of aliphatic carboxylic acids is 1. The Balaban J connectivity index is 0. The number of amides is 2. The number of likely N-dealkylation sites (tertiary alicyclic amines) is 1. The van der Waals surface area contributed by atoms with Crippen molar-refractivity contribution in [1.29, 1.82) is 0 Å². The third-order valence-electron chi connectivity index (χ3n) is 4.85. The molecule has 0 bridgehead atoms. The Labute approximate surface area is 190 Å². The molecule has 1 aliphatic rings. The van der Waals surface area contributed by atoms with Gasteiger partial charge in [-0.15, -0.1) is 0 Å². The highest BCUT2D eigenvalue weighted by Crippen LogP contribution is 2.20. The molecule has 1 rings (SSSR count). The van der Waals surface area contributed by atoms with E-state index >= 15 is 0 Å². The largest absolute Gasteiger partial charge is 0.478 e. The van der Waals surface area contributed by atoms with Crippen LogP contribution in [0, 0.1) is 5.41 Å². The molecule has 0 spiro atoms. The first-order valence-corrected chi connectivity index (χ1v) is 11.4. The fourth-order valence-corrected chi connectivity index (χ4v) is 2.87. The number of likely N-dealkylation sites (N-methyl/N-ethyl adjacent to an activating group) is 1. The van der Waals surface area contributed by atoms with Crippen LogP contribution in [0.4, 0.5) is 0 Å². The van der Waals surface area contributed by atoms with Gasteiger partial charge in [0.1, 0.15) is 6.04 Å². The van der Waals surface area contributed by atoms with E-state index in [1.807, 2.05) is 20.8 Å². The zero-order chi connectivity index (χ0) is 24.6. The van der Waals surface area contributed by atoms with Crippen LogP contribution in [0.1, 0.15) is 81.1 Å². The van der Waals surface area contributed by atoms with E-state index in [2.05, 4.69) is 37.9 Å². The fraction of sp³-hybridized carbons (Fsp3) is 0.792. The average Bonchev–Trinajstić information content (AvgIpc) is 2.70. The molecule has 1 fully saturated rings. The third kappa shape index (κ3) is 14.7. The highest BCUT2D eigenvalue weighted by Gasteiger charge is 2.32. The van der Waals surface area contributed by atoms with E-state index in [9.17, 15) is 14.4 Å². The Morgan fingerprint density at radius 2 is 1.61 bits per heavy atom. The molecule has 31 heavy (non-hydrogen) atoms. The summed E-state index contributed by atoms with van der Waals surface area (Å²) >= 11 is 0. The van der Waals surface area contributed by atoms with Gasteiger partial charge < -0.3 is 20.2 Å². The minimum atomic E-state index is -1.01. The number of nitrogens with one attached hydrogen (secondary N) is 1. The van der Waals surface area contributed by atoms with Crippen molar-refractivity contribution >= 4 is 18.3 Å². The molecular weight excluding hydrogens is 394 g/mol. The minimum absolute atomic E-state index is 0.176. The number of hydrogen-bond acceptors (Lipinski definition) is 4. The second kappa shape index (κ2) is 16.8. The molecule has 7 nitrogen and oxygen atoms in total. The van der Waals surface area contributed by atoms with Gasteiger partial charge in [0.15, 0.2) is 0 Å². The van der Waals surface area contributed by atoms with Crippen molar-refractivity contribution in [2.75, 3.05) is 26.7 Å². The SMILES string of the molecule is C/C(=C\CN(C)C(=O)[C@H](NC=O)C(C)(C)C)C(=O)O.CC(C)N1CCCCC1.CCC. The summed E-state index contributed by atoms with van der Waals surface area (Å²) in [5.74, 6) is -1.27. The maximum Gasteiger partial charge on any atom is 0.331 e. The van der Waals surface area contributed by atoms with E-state index in [-0.39, 0.29) is 18.0 Å². The number of carbonyl (C=O) groups is 3. The van der Waals surface area contributed by atoms with Crippen LogP contribution in [0.15, 0.2) is 11.6 Å². The van der Waals surface area contributed by atoms with E-state index in [0.717, 1.165) is 6.04 Å². The van der Waals surface area contributed by atoms with Crippen LogP contribution >= 0.6 is 0 Å². The Kier molecular flexibility index (Phi) is 16.9. The Morgan fingerprint density at radius 3 is 1.94 bits per heavy atom. The maximum atomic E-state index is 12.2. The number of carboxylic acid groups (broad SMARTS) is 1. The van der Waals surface area contributed by atoms with Gasteiger partial charge in [-0.05, 0) is 52.1 Å². The topological polar surface area (TPSA) is 90.0 Å². The lowest BCUT2D eigenvalue weighted by Crippen LogP contribution is -2.51. The highest BCUT2D eigenvalue weighted by atomic mass is 16.4. The molecule has 1 aliphatic heterocycles. The summed E-state index contributed by atoms with van der Waals surface area (Å²) in [5.41, 5.74) is -0.243. The molecular formula is C24H47N3O4. The van der Waals surface area contributed by atoms with Crippen LogP contribution in [-0.2, 0) is 14.4 Å². The van der Waals surface area contributed by atoms with Crippen LogP contribution in [0.5, 0.6) is 0 Å². The molecule has 0 unspecified atom stereocenters. The molecule has 0 aromatic rings. The first-order chi connectivity index (χ1) is 14.3. The summed E-state index contributed by atoms with van der Waals surface area (Å²) < 4.78 is 0. The molecule has 2 amide bonds. The predicted octanol–water partition coefficient (Wildman–Crippen LogP) is 3.93. The lowest BCUT2D eigenvalue weighted by Gasteiger charge is -2.32. The molecule has 0 aromatic heterocycles. The van der Waals surface area contributed by atoms with Gasteiger partial charge >= 0.3 is 5.97 Å². The summed E-state index contributed by atoms with van der Waals surface area (Å²) in [5, 5.41) is 11.2. The molecule has 7 heteroatoms. The second-order valence-corrected chi connectivity index (χ2v) is 9.39. The number of piperidine rings is 1. The first kappa shape index (κ1) is 31.3. The van der Waals surface area contributed by atoms with Crippen molar-refractivity contribution in [2.45, 2.75) is 93.2 Å². The molecule has 1 heterocycles. The van der Waals surface area contributed by atoms with Gasteiger partial charge in [-0.25, -0.2) is 4.79 Å². The molecule has 182 valence electrons. The molecule has 1 atom stereocenters. The number of carboxylic acids is 1. The summed E-state index contributed by atoms with van der Waals surface area (Å²) in [4.78, 5) is 37.4. The Hall–Kier alpha value is -1.89. The van der Waals surface area contributed by atoms with Gasteiger partial charge in [-0.1, -0.05) is 53.5 Å². The van der Waals surface area contributed by atoms with E-state index in [1.54, 1.807) is 7.05 Å². The number of nitrogens with zero attached hydrogens (tertiary/aromatic N) is 2. The van der Waals surface area contributed by atoms with E-state index in [0.29, 0.717) is 6.41 Å². The number of rotatable bonds is 7. The van der Waals surface area contributed by atoms with E-state index in [1.165, 1.54) is 56.7 Å². The number of carbonyl (C=O) groups excluding carboxylic acids is 2. The van der Waals surface area contributed by atoms with Gasteiger partial charge in [0.2, 0.25) is 12.3 Å². The lowest BCUT2D eigenvalue weighted by atomic mass is 9.86. The third-order valence-corrected chi connectivity index (χ3v) is 4.85. The van der Waals surface area contributed by atoms with Crippen molar-refractivity contribution in [3.05, 3.63) is 11.6 Å². The normalized spacial score (nSPS) is 15.6. The molecule has 2 N–H and O–H groups in total. The molecule has 0 saturated carbocycles. The van der Waals surface area contributed by atoms with Crippen LogP contribution in [0.3, 0.4) is 0 Å². The highest BCUT2D eigenvalue weighted by molar-refractivity contribution is 5.86. The molecule has 0 aliphatic carbocycles. The van der Waals surface area contributed by atoms with Crippen LogP contribution in [-0.4, -0.2) is 72.0 Å². The maximum absolute atomic E-state index is 12.2.